The van der Waals surface area contributed by atoms with Gasteiger partial charge in [0.1, 0.15) is 6.04 Å². The number of aliphatic hydroxyl groups excluding tert-OH is 1. The maximum absolute atomic E-state index is 13.6. The molecular formula is C30H45N3O5. The fourth-order valence-electron chi connectivity index (χ4n) is 6.34. The number of benzene rings is 1. The highest BCUT2D eigenvalue weighted by Gasteiger charge is 2.47. The van der Waals surface area contributed by atoms with Crippen molar-refractivity contribution in [1.29, 1.82) is 0 Å². The molecule has 4 rings (SSSR count). The van der Waals surface area contributed by atoms with Crippen LogP contribution in [0.4, 0.5) is 11.4 Å². The van der Waals surface area contributed by atoms with Crippen molar-refractivity contribution in [3.63, 3.8) is 0 Å². The Morgan fingerprint density at radius 2 is 1.68 bits per heavy atom. The third-order valence-corrected chi connectivity index (χ3v) is 8.61. The van der Waals surface area contributed by atoms with Crippen molar-refractivity contribution in [3.05, 3.63) is 23.8 Å². The van der Waals surface area contributed by atoms with Crippen LogP contribution < -0.4 is 16.0 Å². The third kappa shape index (κ3) is 7.14. The Bertz CT molecular complexity index is 951. The number of hydrogen-bond donors (Lipinski definition) is 4. The van der Waals surface area contributed by atoms with Crippen molar-refractivity contribution in [2.75, 3.05) is 30.5 Å². The molecule has 1 unspecified atom stereocenters. The second kappa shape index (κ2) is 14.1. The molecule has 1 aliphatic carbocycles. The summed E-state index contributed by atoms with van der Waals surface area (Å²) < 4.78 is 5.49. The number of unbranched alkanes of at least 4 members (excludes halogenated alkanes) is 4. The summed E-state index contributed by atoms with van der Waals surface area (Å²) in [5.74, 6) is -0.132. The summed E-state index contributed by atoms with van der Waals surface area (Å²) in [6.07, 6.45) is 13.8. The number of rotatable bonds is 11. The molecule has 8 heteroatoms. The number of ether oxygens (including phenoxy) is 1. The number of carbonyl (C=O) groups excluding carboxylic acids is 3. The van der Waals surface area contributed by atoms with Crippen molar-refractivity contribution in [3.8, 4) is 0 Å². The molecule has 210 valence electrons. The molecule has 1 saturated carbocycles. The van der Waals surface area contributed by atoms with Crippen molar-refractivity contribution >= 4 is 29.1 Å². The Hall–Kier alpha value is -2.45. The molecule has 0 aromatic heterocycles. The molecule has 8 nitrogen and oxygen atoms in total. The number of carbonyl (C=O) groups is 3. The first-order valence-electron chi connectivity index (χ1n) is 14.8. The Labute approximate surface area is 226 Å². The fourth-order valence-corrected chi connectivity index (χ4v) is 6.34. The van der Waals surface area contributed by atoms with Crippen LogP contribution in [-0.4, -0.2) is 48.7 Å². The van der Waals surface area contributed by atoms with Crippen molar-refractivity contribution in [1.82, 2.24) is 5.32 Å². The Morgan fingerprint density at radius 3 is 2.42 bits per heavy atom. The van der Waals surface area contributed by atoms with Crippen LogP contribution in [0.5, 0.6) is 0 Å². The molecule has 38 heavy (non-hydrogen) atoms. The number of aliphatic hydroxyl groups is 1. The van der Waals surface area contributed by atoms with E-state index in [1.807, 2.05) is 18.2 Å². The topological polar surface area (TPSA) is 117 Å². The highest BCUT2D eigenvalue weighted by molar-refractivity contribution is 6.07. The SMILES string of the molecule is O=C(CCCCCCCO)NC(C(=O)Nc1ccc2c(c1)NC(=O)C21CCOCC1)C1CCCCCCC1. The van der Waals surface area contributed by atoms with E-state index in [4.69, 9.17) is 9.84 Å². The van der Waals surface area contributed by atoms with E-state index in [1.165, 1.54) is 19.3 Å². The van der Waals surface area contributed by atoms with Gasteiger partial charge < -0.3 is 25.8 Å². The van der Waals surface area contributed by atoms with Gasteiger partial charge in [-0.25, -0.2) is 0 Å². The summed E-state index contributed by atoms with van der Waals surface area (Å²) in [6, 6.07) is 5.10. The summed E-state index contributed by atoms with van der Waals surface area (Å²) in [4.78, 5) is 39.4. The van der Waals surface area contributed by atoms with E-state index in [2.05, 4.69) is 16.0 Å². The number of fused-ring (bicyclic) bond motifs is 2. The van der Waals surface area contributed by atoms with Gasteiger partial charge in [-0.15, -0.1) is 0 Å². The van der Waals surface area contributed by atoms with Gasteiger partial charge in [-0.05, 0) is 62.1 Å². The molecular weight excluding hydrogens is 482 g/mol. The first-order chi connectivity index (χ1) is 18.5. The van der Waals surface area contributed by atoms with E-state index in [9.17, 15) is 14.4 Å². The quantitative estimate of drug-likeness (QED) is 0.308. The van der Waals surface area contributed by atoms with Crippen LogP contribution in [-0.2, 0) is 24.5 Å². The molecule has 1 atom stereocenters. The molecule has 4 N–H and O–H groups in total. The largest absolute Gasteiger partial charge is 0.396 e. The van der Waals surface area contributed by atoms with Crippen LogP contribution in [0.1, 0.15) is 102 Å². The lowest BCUT2D eigenvalue weighted by molar-refractivity contribution is -0.128. The maximum atomic E-state index is 13.6. The second-order valence-corrected chi connectivity index (χ2v) is 11.3. The van der Waals surface area contributed by atoms with Gasteiger partial charge in [0.15, 0.2) is 0 Å². The Kier molecular flexibility index (Phi) is 10.6. The molecule has 0 bridgehead atoms. The second-order valence-electron chi connectivity index (χ2n) is 11.3. The first kappa shape index (κ1) is 28.6. The zero-order valence-electron chi connectivity index (χ0n) is 22.7. The van der Waals surface area contributed by atoms with Gasteiger partial charge in [0.05, 0.1) is 5.41 Å². The number of amides is 3. The number of nitrogens with one attached hydrogen (secondary N) is 3. The van der Waals surface area contributed by atoms with Crippen LogP contribution in [0.2, 0.25) is 0 Å². The van der Waals surface area contributed by atoms with Gasteiger partial charge in [-0.3, -0.25) is 14.4 Å². The minimum absolute atomic E-state index is 0.00954. The Morgan fingerprint density at radius 1 is 1.00 bits per heavy atom. The summed E-state index contributed by atoms with van der Waals surface area (Å²) in [7, 11) is 0. The zero-order chi connectivity index (χ0) is 26.8. The summed E-state index contributed by atoms with van der Waals surface area (Å²) in [5, 5.41) is 18.1. The predicted octanol–water partition coefficient (Wildman–Crippen LogP) is 4.80. The lowest BCUT2D eigenvalue weighted by atomic mass is 9.75. The van der Waals surface area contributed by atoms with Gasteiger partial charge in [0.25, 0.3) is 0 Å². The third-order valence-electron chi connectivity index (χ3n) is 8.61. The lowest BCUT2D eigenvalue weighted by Gasteiger charge is -2.31. The van der Waals surface area contributed by atoms with E-state index in [0.29, 0.717) is 38.2 Å². The highest BCUT2D eigenvalue weighted by atomic mass is 16.5. The number of hydrogen-bond acceptors (Lipinski definition) is 5. The average Bonchev–Trinajstić information content (AvgIpc) is 3.15. The first-order valence-corrected chi connectivity index (χ1v) is 14.8. The standard InChI is InChI=1S/C30H45N3O5/c34-18-10-6-2-5-9-13-26(35)33-27(22-11-7-3-1-4-8-12-22)28(36)31-23-14-15-24-25(21-23)32-29(37)30(24)16-19-38-20-17-30/h14-15,21-22,27,34H,1-13,16-20H2,(H,31,36)(H,32,37)(H,33,35). The summed E-state index contributed by atoms with van der Waals surface area (Å²) >= 11 is 0. The molecule has 3 aliphatic rings. The van der Waals surface area contributed by atoms with Gasteiger partial charge in [-0.2, -0.15) is 0 Å². The minimum Gasteiger partial charge on any atom is -0.396 e. The van der Waals surface area contributed by atoms with Crippen LogP contribution >= 0.6 is 0 Å². The summed E-state index contributed by atoms with van der Waals surface area (Å²) in [5.41, 5.74) is 1.83. The molecule has 3 amide bonds. The van der Waals surface area contributed by atoms with Gasteiger partial charge in [-0.1, -0.05) is 57.4 Å². The van der Waals surface area contributed by atoms with Crippen LogP contribution in [0.25, 0.3) is 0 Å². The zero-order valence-corrected chi connectivity index (χ0v) is 22.7. The van der Waals surface area contributed by atoms with Gasteiger partial charge >= 0.3 is 0 Å². The minimum atomic E-state index is -0.570. The van der Waals surface area contributed by atoms with E-state index in [0.717, 1.165) is 69.0 Å². The summed E-state index contributed by atoms with van der Waals surface area (Å²) in [6.45, 7) is 1.35. The van der Waals surface area contributed by atoms with E-state index >= 15 is 0 Å². The van der Waals surface area contributed by atoms with E-state index < -0.39 is 11.5 Å². The maximum Gasteiger partial charge on any atom is 0.247 e. The van der Waals surface area contributed by atoms with Crippen LogP contribution in [0.15, 0.2) is 18.2 Å². The number of anilines is 2. The molecule has 2 aliphatic heterocycles. The van der Waals surface area contributed by atoms with E-state index in [1.54, 1.807) is 0 Å². The Balaban J connectivity index is 1.41. The van der Waals surface area contributed by atoms with Crippen molar-refractivity contribution in [2.24, 2.45) is 5.92 Å². The predicted molar refractivity (Wildman–Crippen MR) is 148 cm³/mol. The molecule has 1 aromatic carbocycles. The van der Waals surface area contributed by atoms with E-state index in [-0.39, 0.29) is 30.2 Å². The van der Waals surface area contributed by atoms with Crippen molar-refractivity contribution < 1.29 is 24.2 Å². The smallest absolute Gasteiger partial charge is 0.247 e. The van der Waals surface area contributed by atoms with Gasteiger partial charge in [0, 0.05) is 37.6 Å². The van der Waals surface area contributed by atoms with Crippen molar-refractivity contribution in [2.45, 2.75) is 108 Å². The molecule has 1 spiro atoms. The molecule has 1 saturated heterocycles. The van der Waals surface area contributed by atoms with Crippen LogP contribution in [0, 0.1) is 5.92 Å². The molecule has 0 radical (unpaired) electrons. The van der Waals surface area contributed by atoms with Crippen LogP contribution in [0.3, 0.4) is 0 Å². The monoisotopic (exact) mass is 527 g/mol. The molecule has 2 heterocycles. The highest BCUT2D eigenvalue weighted by Crippen LogP contribution is 2.45. The van der Waals surface area contributed by atoms with Gasteiger partial charge in [0.2, 0.25) is 17.7 Å². The molecule has 2 fully saturated rings. The fraction of sp³-hybridized carbons (Fsp3) is 0.700. The normalized spacial score (nSPS) is 20.2. The average molecular weight is 528 g/mol. The molecule has 1 aromatic rings. The lowest BCUT2D eigenvalue weighted by Crippen LogP contribution is -2.48.